The Bertz CT molecular complexity index is 321. The number of pyridine rings is 1. The van der Waals surface area contributed by atoms with Crippen LogP contribution in [-0.2, 0) is 0 Å². The third kappa shape index (κ3) is 3.20. The second-order valence-corrected chi connectivity index (χ2v) is 4.30. The van der Waals surface area contributed by atoms with E-state index < -0.39 is 0 Å². The Balaban J connectivity index is 1.86. The van der Waals surface area contributed by atoms with Crippen molar-refractivity contribution in [2.24, 2.45) is 11.7 Å². The number of rotatable bonds is 5. The van der Waals surface area contributed by atoms with E-state index in [-0.39, 0.29) is 6.04 Å². The molecule has 1 aromatic heterocycles. The van der Waals surface area contributed by atoms with Gasteiger partial charge < -0.3 is 10.5 Å². The van der Waals surface area contributed by atoms with Crippen molar-refractivity contribution in [3.63, 3.8) is 0 Å². The number of hydrogen-bond donors (Lipinski definition) is 1. The third-order valence-corrected chi connectivity index (χ3v) is 2.76. The number of hydrogen-bond acceptors (Lipinski definition) is 3. The molecular weight excluding hydrogens is 188 g/mol. The summed E-state index contributed by atoms with van der Waals surface area (Å²) in [4.78, 5) is 4.16. The van der Waals surface area contributed by atoms with Crippen molar-refractivity contribution in [3.8, 4) is 5.88 Å². The van der Waals surface area contributed by atoms with Crippen LogP contribution in [0, 0.1) is 5.92 Å². The van der Waals surface area contributed by atoms with Crippen LogP contribution in [0.25, 0.3) is 0 Å². The maximum absolute atomic E-state index is 5.79. The van der Waals surface area contributed by atoms with Gasteiger partial charge in [0.05, 0.1) is 6.61 Å². The largest absolute Gasteiger partial charge is 0.478 e. The summed E-state index contributed by atoms with van der Waals surface area (Å²) in [6.45, 7) is 2.74. The first-order valence-electron chi connectivity index (χ1n) is 5.60. The van der Waals surface area contributed by atoms with Gasteiger partial charge in [-0.1, -0.05) is 12.8 Å². The minimum absolute atomic E-state index is 0.0405. The Morgan fingerprint density at radius 2 is 2.40 bits per heavy atom. The summed E-state index contributed by atoms with van der Waals surface area (Å²) in [6.07, 6.45) is 5.66. The predicted octanol–water partition coefficient (Wildman–Crippen LogP) is 2.28. The molecule has 0 bridgehead atoms. The van der Waals surface area contributed by atoms with Crippen LogP contribution in [0.3, 0.4) is 0 Å². The molecule has 15 heavy (non-hydrogen) atoms. The summed E-state index contributed by atoms with van der Waals surface area (Å²) in [5, 5.41) is 0. The summed E-state index contributed by atoms with van der Waals surface area (Å²) in [5.41, 5.74) is 6.86. The van der Waals surface area contributed by atoms with E-state index in [1.165, 1.54) is 12.8 Å². The lowest BCUT2D eigenvalue weighted by atomic mass is 10.1. The maximum atomic E-state index is 5.79. The molecule has 1 fully saturated rings. The fourth-order valence-electron chi connectivity index (χ4n) is 1.52. The minimum atomic E-state index is 0.0405. The van der Waals surface area contributed by atoms with Crippen LogP contribution in [0.1, 0.15) is 37.8 Å². The molecule has 1 saturated carbocycles. The minimum Gasteiger partial charge on any atom is -0.478 e. The molecule has 1 aliphatic carbocycles. The van der Waals surface area contributed by atoms with Crippen LogP contribution in [0.4, 0.5) is 0 Å². The van der Waals surface area contributed by atoms with E-state index in [2.05, 4.69) is 4.98 Å². The van der Waals surface area contributed by atoms with Crippen molar-refractivity contribution in [3.05, 3.63) is 23.9 Å². The zero-order chi connectivity index (χ0) is 10.7. The van der Waals surface area contributed by atoms with Crippen LogP contribution in [0.15, 0.2) is 18.3 Å². The van der Waals surface area contributed by atoms with Crippen LogP contribution >= 0.6 is 0 Å². The topological polar surface area (TPSA) is 48.1 Å². The first kappa shape index (κ1) is 10.4. The van der Waals surface area contributed by atoms with Gasteiger partial charge in [0.1, 0.15) is 0 Å². The number of nitrogens with two attached hydrogens (primary N) is 1. The molecule has 3 nitrogen and oxygen atoms in total. The molecule has 0 aromatic carbocycles. The molecular formula is C12H18N2O. The lowest BCUT2D eigenvalue weighted by molar-refractivity contribution is 0.291. The van der Waals surface area contributed by atoms with Gasteiger partial charge in [-0.15, -0.1) is 0 Å². The molecule has 0 unspecified atom stereocenters. The molecule has 0 spiro atoms. The fourth-order valence-corrected chi connectivity index (χ4v) is 1.52. The summed E-state index contributed by atoms with van der Waals surface area (Å²) >= 11 is 0. The van der Waals surface area contributed by atoms with E-state index in [1.54, 1.807) is 6.20 Å². The quantitative estimate of drug-likeness (QED) is 0.804. The SMILES string of the molecule is C[C@@H](N)c1ccnc(OCCC2CC2)c1. The highest BCUT2D eigenvalue weighted by molar-refractivity contribution is 5.22. The Labute approximate surface area is 90.7 Å². The van der Waals surface area contributed by atoms with Crippen molar-refractivity contribution in [2.45, 2.75) is 32.2 Å². The van der Waals surface area contributed by atoms with E-state index >= 15 is 0 Å². The summed E-state index contributed by atoms with van der Waals surface area (Å²) in [5.74, 6) is 1.60. The molecule has 1 atom stereocenters. The average Bonchev–Trinajstić information content (AvgIpc) is 3.02. The Morgan fingerprint density at radius 3 is 3.07 bits per heavy atom. The first-order chi connectivity index (χ1) is 7.25. The zero-order valence-corrected chi connectivity index (χ0v) is 9.15. The van der Waals surface area contributed by atoms with Crippen LogP contribution < -0.4 is 10.5 Å². The monoisotopic (exact) mass is 206 g/mol. The average molecular weight is 206 g/mol. The molecule has 0 radical (unpaired) electrons. The molecule has 0 amide bonds. The highest BCUT2D eigenvalue weighted by atomic mass is 16.5. The number of ether oxygens (including phenoxy) is 1. The molecule has 82 valence electrons. The molecule has 1 heterocycles. The molecule has 2 rings (SSSR count). The van der Waals surface area contributed by atoms with Gasteiger partial charge in [0.2, 0.25) is 5.88 Å². The van der Waals surface area contributed by atoms with Crippen LogP contribution in [0.2, 0.25) is 0 Å². The van der Waals surface area contributed by atoms with Crippen LogP contribution in [-0.4, -0.2) is 11.6 Å². The zero-order valence-electron chi connectivity index (χ0n) is 9.15. The highest BCUT2D eigenvalue weighted by Crippen LogP contribution is 2.32. The number of aromatic nitrogens is 1. The van der Waals surface area contributed by atoms with Gasteiger partial charge in [-0.05, 0) is 30.9 Å². The van der Waals surface area contributed by atoms with Gasteiger partial charge in [0, 0.05) is 18.3 Å². The molecule has 2 N–H and O–H groups in total. The molecule has 0 saturated heterocycles. The normalized spacial score (nSPS) is 17.5. The van der Waals surface area contributed by atoms with Gasteiger partial charge in [-0.25, -0.2) is 4.98 Å². The Kier molecular flexibility index (Phi) is 3.21. The second kappa shape index (κ2) is 4.62. The highest BCUT2D eigenvalue weighted by Gasteiger charge is 2.20. The van der Waals surface area contributed by atoms with Gasteiger partial charge in [0.25, 0.3) is 0 Å². The van der Waals surface area contributed by atoms with E-state index in [1.807, 2.05) is 19.1 Å². The van der Waals surface area contributed by atoms with Crippen molar-refractivity contribution in [2.75, 3.05) is 6.61 Å². The summed E-state index contributed by atoms with van der Waals surface area (Å²) < 4.78 is 5.58. The van der Waals surface area contributed by atoms with Gasteiger partial charge in [0.15, 0.2) is 0 Å². The van der Waals surface area contributed by atoms with Crippen molar-refractivity contribution < 1.29 is 4.74 Å². The molecule has 0 aliphatic heterocycles. The molecule has 1 aromatic rings. The van der Waals surface area contributed by atoms with E-state index in [0.717, 1.165) is 24.5 Å². The molecule has 1 aliphatic rings. The van der Waals surface area contributed by atoms with Crippen molar-refractivity contribution in [1.29, 1.82) is 0 Å². The van der Waals surface area contributed by atoms with E-state index in [9.17, 15) is 0 Å². The van der Waals surface area contributed by atoms with E-state index in [4.69, 9.17) is 10.5 Å². The van der Waals surface area contributed by atoms with Crippen LogP contribution in [0.5, 0.6) is 5.88 Å². The van der Waals surface area contributed by atoms with Gasteiger partial charge in [-0.2, -0.15) is 0 Å². The smallest absolute Gasteiger partial charge is 0.213 e. The number of nitrogens with zero attached hydrogens (tertiary/aromatic N) is 1. The third-order valence-electron chi connectivity index (χ3n) is 2.76. The first-order valence-corrected chi connectivity index (χ1v) is 5.60. The van der Waals surface area contributed by atoms with Gasteiger partial charge in [-0.3, -0.25) is 0 Å². The Hall–Kier alpha value is -1.09. The van der Waals surface area contributed by atoms with E-state index in [0.29, 0.717) is 5.88 Å². The lowest BCUT2D eigenvalue weighted by Gasteiger charge is -2.08. The molecule has 3 heteroatoms. The maximum Gasteiger partial charge on any atom is 0.213 e. The second-order valence-electron chi connectivity index (χ2n) is 4.30. The van der Waals surface area contributed by atoms with Gasteiger partial charge >= 0.3 is 0 Å². The summed E-state index contributed by atoms with van der Waals surface area (Å²) in [7, 11) is 0. The summed E-state index contributed by atoms with van der Waals surface area (Å²) in [6, 6.07) is 3.90. The lowest BCUT2D eigenvalue weighted by Crippen LogP contribution is -2.06. The predicted molar refractivity (Wildman–Crippen MR) is 59.7 cm³/mol. The van der Waals surface area contributed by atoms with Crippen molar-refractivity contribution >= 4 is 0 Å². The Morgan fingerprint density at radius 1 is 1.60 bits per heavy atom. The standard InChI is InChI=1S/C12H18N2O/c1-9(13)11-4-6-14-12(8-11)15-7-5-10-2-3-10/h4,6,8-10H,2-3,5,7,13H2,1H3/t9-/m1/s1. The fraction of sp³-hybridized carbons (Fsp3) is 0.583. The van der Waals surface area contributed by atoms with Crippen molar-refractivity contribution in [1.82, 2.24) is 4.98 Å².